The van der Waals surface area contributed by atoms with Crippen LogP contribution in [0.3, 0.4) is 0 Å². The van der Waals surface area contributed by atoms with Gasteiger partial charge < -0.3 is 4.98 Å². The summed E-state index contributed by atoms with van der Waals surface area (Å²) in [6.45, 7) is 0. The normalized spacial score (nSPS) is 14.2. The summed E-state index contributed by atoms with van der Waals surface area (Å²) < 4.78 is 0. The van der Waals surface area contributed by atoms with E-state index in [1.54, 1.807) is 0 Å². The third-order valence-electron chi connectivity index (χ3n) is 2.82. The van der Waals surface area contributed by atoms with E-state index in [0.717, 1.165) is 24.1 Å². The molecular weight excluding hydrogens is 386 g/mol. The number of hydrogen-bond acceptors (Lipinski definition) is 1. The maximum atomic E-state index is 4.48. The maximum Gasteiger partial charge on any atom is 0.0202 e. The minimum absolute atomic E-state index is 0. The first-order valence-corrected chi connectivity index (χ1v) is 5.57. The minimum Gasteiger partial charge on any atom is -0.320 e. The van der Waals surface area contributed by atoms with Gasteiger partial charge in [0.15, 0.2) is 0 Å². The van der Waals surface area contributed by atoms with E-state index in [2.05, 4.69) is 47.5 Å². The van der Waals surface area contributed by atoms with Crippen LogP contribution in [0.2, 0.25) is 0 Å². The molecule has 1 heterocycles. The van der Waals surface area contributed by atoms with Crippen molar-refractivity contribution >= 4 is 16.3 Å². The van der Waals surface area contributed by atoms with Crippen molar-refractivity contribution in [2.75, 3.05) is 0 Å². The summed E-state index contributed by atoms with van der Waals surface area (Å²) in [5, 5.41) is 2.42. The molecule has 1 aromatic heterocycles. The van der Waals surface area contributed by atoms with E-state index in [1.807, 2.05) is 12.3 Å². The molecule has 1 nitrogen and oxygen atoms in total. The van der Waals surface area contributed by atoms with Crippen LogP contribution in [0.15, 0.2) is 48.7 Å². The van der Waals surface area contributed by atoms with Gasteiger partial charge in [-0.15, -0.1) is 6.08 Å². The second-order valence-electron chi connectivity index (χ2n) is 3.96. The largest absolute Gasteiger partial charge is 0.320 e. The fourth-order valence-corrected chi connectivity index (χ4v) is 1.96. The Kier molecular flexibility index (Phi) is 3.88. The second-order valence-corrected chi connectivity index (χ2v) is 3.96. The number of fused-ring (bicyclic) bond motifs is 1. The molecule has 0 unspecified atom stereocenters. The molecule has 17 heavy (non-hydrogen) atoms. The quantitative estimate of drug-likeness (QED) is 0.667. The number of benzene rings is 1. The zero-order valence-electron chi connectivity index (χ0n) is 9.31. The van der Waals surface area contributed by atoms with Crippen LogP contribution in [-0.2, 0) is 20.1 Å². The molecule has 2 heteroatoms. The summed E-state index contributed by atoms with van der Waals surface area (Å²) >= 11 is 0. The maximum absolute atomic E-state index is 4.48. The first-order valence-electron chi connectivity index (χ1n) is 5.57. The number of allylic oxidation sites excluding steroid dienone is 4. The Labute approximate surface area is 115 Å². The van der Waals surface area contributed by atoms with E-state index in [1.165, 1.54) is 10.8 Å². The molecule has 0 bridgehead atoms. The standard InChI is InChI=1S/C15H12N.Ir/c1-2-6-12(7-3-1)15-10-13-8-4-5-9-14(13)11-16-15;/h2,4-5,7-11H,1,3H2;/q-1;. The van der Waals surface area contributed by atoms with E-state index in [9.17, 15) is 0 Å². The van der Waals surface area contributed by atoms with Crippen LogP contribution in [0.5, 0.6) is 0 Å². The van der Waals surface area contributed by atoms with Gasteiger partial charge in [0.05, 0.1) is 0 Å². The van der Waals surface area contributed by atoms with Gasteiger partial charge in [0, 0.05) is 26.3 Å². The van der Waals surface area contributed by atoms with E-state index < -0.39 is 0 Å². The van der Waals surface area contributed by atoms with Crippen LogP contribution < -0.4 is 0 Å². The topological polar surface area (TPSA) is 12.9 Å². The molecule has 0 fully saturated rings. The van der Waals surface area contributed by atoms with Crippen molar-refractivity contribution in [3.05, 3.63) is 60.5 Å². The molecule has 1 aliphatic rings. The molecule has 0 saturated heterocycles. The predicted octanol–water partition coefficient (Wildman–Crippen LogP) is 3.77. The zero-order valence-corrected chi connectivity index (χ0v) is 11.7. The Balaban J connectivity index is 0.00000108. The van der Waals surface area contributed by atoms with Crippen LogP contribution >= 0.6 is 0 Å². The molecule has 1 radical (unpaired) electrons. The van der Waals surface area contributed by atoms with E-state index in [-0.39, 0.29) is 20.1 Å². The first kappa shape index (κ1) is 12.2. The summed E-state index contributed by atoms with van der Waals surface area (Å²) in [5.74, 6) is 0. The smallest absolute Gasteiger partial charge is 0.0202 e. The molecule has 1 aromatic carbocycles. The number of rotatable bonds is 1. The Hall–Kier alpha value is -1.24. The van der Waals surface area contributed by atoms with Gasteiger partial charge in [-0.3, -0.25) is 0 Å². The molecule has 1 aliphatic carbocycles. The van der Waals surface area contributed by atoms with Crippen molar-refractivity contribution in [2.45, 2.75) is 12.8 Å². The fraction of sp³-hybridized carbons (Fsp3) is 0.133. The molecule has 2 aromatic rings. The predicted molar refractivity (Wildman–Crippen MR) is 66.8 cm³/mol. The summed E-state index contributed by atoms with van der Waals surface area (Å²) in [4.78, 5) is 4.48. The van der Waals surface area contributed by atoms with Gasteiger partial charge in [0.1, 0.15) is 0 Å². The van der Waals surface area contributed by atoms with Crippen molar-refractivity contribution in [2.24, 2.45) is 0 Å². The average molecular weight is 398 g/mol. The van der Waals surface area contributed by atoms with Crippen molar-refractivity contribution in [3.8, 4) is 0 Å². The molecule has 0 amide bonds. The number of pyridine rings is 1. The van der Waals surface area contributed by atoms with Crippen molar-refractivity contribution < 1.29 is 20.1 Å². The van der Waals surface area contributed by atoms with Crippen LogP contribution in [0.4, 0.5) is 0 Å². The van der Waals surface area contributed by atoms with E-state index in [0.29, 0.717) is 0 Å². The van der Waals surface area contributed by atoms with Gasteiger partial charge in [-0.05, 0) is 16.5 Å². The monoisotopic (exact) mass is 399 g/mol. The van der Waals surface area contributed by atoms with E-state index >= 15 is 0 Å². The van der Waals surface area contributed by atoms with Gasteiger partial charge in [-0.2, -0.15) is 17.7 Å². The summed E-state index contributed by atoms with van der Waals surface area (Å²) in [6.07, 6.45) is 11.7. The Bertz CT molecular complexity index is 584. The first-order chi connectivity index (χ1) is 7.93. The molecule has 3 rings (SSSR count). The van der Waals surface area contributed by atoms with Gasteiger partial charge >= 0.3 is 0 Å². The molecule has 0 atom stereocenters. The number of nitrogens with zero attached hydrogens (tertiary/aromatic N) is 1. The number of hydrogen-bond donors (Lipinski definition) is 0. The summed E-state index contributed by atoms with van der Waals surface area (Å²) in [7, 11) is 0. The number of aromatic nitrogens is 1. The fourth-order valence-electron chi connectivity index (χ4n) is 1.96. The SMILES string of the molecule is [C-]1=CCCC=C1c1cc2ccccc2cn1.[Ir]. The Morgan fingerprint density at radius 3 is 2.65 bits per heavy atom. The van der Waals surface area contributed by atoms with Crippen molar-refractivity contribution in [1.29, 1.82) is 0 Å². The van der Waals surface area contributed by atoms with Crippen LogP contribution in [0.25, 0.3) is 16.3 Å². The van der Waals surface area contributed by atoms with Gasteiger partial charge in [0.25, 0.3) is 0 Å². The van der Waals surface area contributed by atoms with Gasteiger partial charge in [-0.1, -0.05) is 43.2 Å². The third kappa shape index (κ3) is 2.54. The van der Waals surface area contributed by atoms with Crippen LogP contribution in [0, 0.1) is 6.08 Å². The van der Waals surface area contributed by atoms with Crippen LogP contribution in [-0.4, -0.2) is 4.98 Å². The molecule has 0 aliphatic heterocycles. The molecule has 0 saturated carbocycles. The third-order valence-corrected chi connectivity index (χ3v) is 2.82. The summed E-state index contributed by atoms with van der Waals surface area (Å²) in [6, 6.07) is 10.4. The average Bonchev–Trinajstić information content (AvgIpc) is 2.39. The van der Waals surface area contributed by atoms with Gasteiger partial charge in [0.2, 0.25) is 0 Å². The molecule has 0 N–H and O–H groups in total. The second kappa shape index (κ2) is 5.39. The summed E-state index contributed by atoms with van der Waals surface area (Å²) in [5.41, 5.74) is 2.15. The minimum atomic E-state index is 0. The van der Waals surface area contributed by atoms with Crippen molar-refractivity contribution in [1.82, 2.24) is 4.98 Å². The van der Waals surface area contributed by atoms with Crippen LogP contribution in [0.1, 0.15) is 18.5 Å². The molecule has 0 spiro atoms. The molecule has 87 valence electrons. The Morgan fingerprint density at radius 1 is 1.06 bits per heavy atom. The van der Waals surface area contributed by atoms with Crippen molar-refractivity contribution in [3.63, 3.8) is 0 Å². The van der Waals surface area contributed by atoms with E-state index in [4.69, 9.17) is 0 Å². The van der Waals surface area contributed by atoms with Gasteiger partial charge in [-0.25, -0.2) is 0 Å². The zero-order chi connectivity index (χ0) is 10.8. The Morgan fingerprint density at radius 2 is 1.88 bits per heavy atom. The molecular formula is C15H12IrN-.